The molecular weight excluding hydrogens is 192 g/mol. The monoisotopic (exact) mass is 210 g/mol. The lowest BCUT2D eigenvalue weighted by Gasteiger charge is -2.23. The Morgan fingerprint density at radius 3 is 2.87 bits per heavy atom. The zero-order valence-corrected chi connectivity index (χ0v) is 9.41. The van der Waals surface area contributed by atoms with E-state index in [1.54, 1.807) is 19.3 Å². The van der Waals surface area contributed by atoms with Gasteiger partial charge >= 0.3 is 0 Å². The topological polar surface area (TPSA) is 68.3 Å². The van der Waals surface area contributed by atoms with Crippen molar-refractivity contribution in [2.24, 2.45) is 5.73 Å². The van der Waals surface area contributed by atoms with Crippen LogP contribution in [-0.4, -0.2) is 11.4 Å². The number of rotatable bonds is 4. The maximum Gasteiger partial charge on any atom is 0.240 e. The lowest BCUT2D eigenvalue weighted by Crippen LogP contribution is -2.51. The average molecular weight is 210 g/mol. The van der Waals surface area contributed by atoms with Crippen LogP contribution in [0.4, 0.5) is 0 Å². The molecule has 4 heteroatoms. The van der Waals surface area contributed by atoms with Crippen molar-refractivity contribution in [2.75, 3.05) is 0 Å². The molecule has 0 aliphatic carbocycles. The summed E-state index contributed by atoms with van der Waals surface area (Å²) < 4.78 is 5.19. The third-order valence-electron chi connectivity index (χ3n) is 2.57. The molecule has 0 saturated heterocycles. The first-order chi connectivity index (χ1) is 6.97. The Bertz CT molecular complexity index is 317. The Morgan fingerprint density at radius 2 is 2.40 bits per heavy atom. The molecule has 0 fully saturated rings. The van der Waals surface area contributed by atoms with Gasteiger partial charge < -0.3 is 15.5 Å². The van der Waals surface area contributed by atoms with Gasteiger partial charge in [-0.25, -0.2) is 0 Å². The molecule has 0 aliphatic heterocycles. The first-order valence-electron chi connectivity index (χ1n) is 5.10. The van der Waals surface area contributed by atoms with Crippen LogP contribution in [0.2, 0.25) is 0 Å². The molecule has 1 aromatic heterocycles. The molecule has 0 aromatic carbocycles. The molecule has 1 amide bonds. The lowest BCUT2D eigenvalue weighted by atomic mass is 9.99. The zero-order valence-electron chi connectivity index (χ0n) is 9.41. The van der Waals surface area contributed by atoms with Gasteiger partial charge in [0.25, 0.3) is 0 Å². The van der Waals surface area contributed by atoms with Gasteiger partial charge in [-0.3, -0.25) is 4.79 Å². The predicted molar refractivity (Wildman–Crippen MR) is 58.1 cm³/mol. The van der Waals surface area contributed by atoms with E-state index in [0.717, 1.165) is 5.76 Å². The van der Waals surface area contributed by atoms with Crippen molar-refractivity contribution >= 4 is 5.91 Å². The molecule has 15 heavy (non-hydrogen) atoms. The summed E-state index contributed by atoms with van der Waals surface area (Å²) in [5.41, 5.74) is 5.00. The van der Waals surface area contributed by atoms with Crippen LogP contribution in [0.1, 0.15) is 39.0 Å². The van der Waals surface area contributed by atoms with Crippen LogP contribution < -0.4 is 11.1 Å². The summed E-state index contributed by atoms with van der Waals surface area (Å²) in [5.74, 6) is 0.573. The van der Waals surface area contributed by atoms with Crippen LogP contribution in [-0.2, 0) is 4.79 Å². The van der Waals surface area contributed by atoms with E-state index < -0.39 is 5.54 Å². The number of nitrogens with two attached hydrogens (primary N) is 1. The van der Waals surface area contributed by atoms with Crippen LogP contribution in [0.5, 0.6) is 0 Å². The van der Waals surface area contributed by atoms with E-state index in [-0.39, 0.29) is 11.9 Å². The Morgan fingerprint density at radius 1 is 1.73 bits per heavy atom. The van der Waals surface area contributed by atoms with Crippen molar-refractivity contribution in [1.29, 1.82) is 0 Å². The van der Waals surface area contributed by atoms with Crippen molar-refractivity contribution in [3.8, 4) is 0 Å². The van der Waals surface area contributed by atoms with Crippen molar-refractivity contribution in [3.05, 3.63) is 24.2 Å². The minimum atomic E-state index is -0.819. The third kappa shape index (κ3) is 2.83. The average Bonchev–Trinajstić information content (AvgIpc) is 2.70. The molecule has 84 valence electrons. The standard InChI is InChI=1S/C11H18N2O2/c1-4-11(3,12)10(14)13-8(2)9-6-5-7-15-9/h5-8H,4,12H2,1-3H3,(H,13,14)/t8-,11?/m0/s1. The second-order valence-corrected chi connectivity index (χ2v) is 3.98. The highest BCUT2D eigenvalue weighted by atomic mass is 16.3. The Hall–Kier alpha value is -1.29. The summed E-state index contributed by atoms with van der Waals surface area (Å²) in [6, 6.07) is 3.46. The first-order valence-corrected chi connectivity index (χ1v) is 5.10. The Kier molecular flexibility index (Phi) is 3.52. The summed E-state index contributed by atoms with van der Waals surface area (Å²) in [4.78, 5) is 11.7. The summed E-state index contributed by atoms with van der Waals surface area (Å²) in [7, 11) is 0. The van der Waals surface area contributed by atoms with Crippen LogP contribution in [0.25, 0.3) is 0 Å². The van der Waals surface area contributed by atoms with E-state index in [2.05, 4.69) is 5.32 Å². The molecular formula is C11H18N2O2. The van der Waals surface area contributed by atoms with Gasteiger partial charge in [-0.15, -0.1) is 0 Å². The van der Waals surface area contributed by atoms with E-state index in [1.807, 2.05) is 19.9 Å². The number of carbonyl (C=O) groups excluding carboxylic acids is 1. The molecule has 1 rings (SSSR count). The molecule has 4 nitrogen and oxygen atoms in total. The minimum absolute atomic E-state index is 0.151. The molecule has 1 heterocycles. The number of hydrogen-bond donors (Lipinski definition) is 2. The number of hydrogen-bond acceptors (Lipinski definition) is 3. The van der Waals surface area contributed by atoms with Gasteiger partial charge in [-0.05, 0) is 32.4 Å². The largest absolute Gasteiger partial charge is 0.467 e. The Balaban J connectivity index is 2.60. The summed E-state index contributed by atoms with van der Waals surface area (Å²) in [6.45, 7) is 5.47. The molecule has 3 N–H and O–H groups in total. The van der Waals surface area contributed by atoms with Gasteiger partial charge in [0, 0.05) is 0 Å². The fraction of sp³-hybridized carbons (Fsp3) is 0.545. The highest BCUT2D eigenvalue weighted by Gasteiger charge is 2.27. The quantitative estimate of drug-likeness (QED) is 0.792. The molecule has 0 spiro atoms. The van der Waals surface area contributed by atoms with E-state index in [9.17, 15) is 4.79 Å². The van der Waals surface area contributed by atoms with Gasteiger partial charge in [-0.2, -0.15) is 0 Å². The molecule has 0 radical (unpaired) electrons. The number of nitrogens with one attached hydrogen (secondary N) is 1. The van der Waals surface area contributed by atoms with Crippen LogP contribution in [0.15, 0.2) is 22.8 Å². The van der Waals surface area contributed by atoms with Crippen LogP contribution in [0.3, 0.4) is 0 Å². The van der Waals surface area contributed by atoms with Crippen LogP contribution >= 0.6 is 0 Å². The van der Waals surface area contributed by atoms with Gasteiger partial charge in [0.1, 0.15) is 5.76 Å². The predicted octanol–water partition coefficient (Wildman–Crippen LogP) is 1.58. The number of carbonyl (C=O) groups is 1. The molecule has 2 atom stereocenters. The SMILES string of the molecule is CCC(C)(N)C(=O)N[C@@H](C)c1ccco1. The lowest BCUT2D eigenvalue weighted by molar-refractivity contribution is -0.126. The minimum Gasteiger partial charge on any atom is -0.467 e. The van der Waals surface area contributed by atoms with E-state index >= 15 is 0 Å². The molecule has 0 bridgehead atoms. The van der Waals surface area contributed by atoms with Gasteiger partial charge in [0.2, 0.25) is 5.91 Å². The smallest absolute Gasteiger partial charge is 0.240 e. The second-order valence-electron chi connectivity index (χ2n) is 3.98. The highest BCUT2D eigenvalue weighted by Crippen LogP contribution is 2.14. The van der Waals surface area contributed by atoms with Crippen molar-refractivity contribution in [3.63, 3.8) is 0 Å². The van der Waals surface area contributed by atoms with Crippen LogP contribution in [0, 0.1) is 0 Å². The van der Waals surface area contributed by atoms with Gasteiger partial charge in [0.05, 0.1) is 17.8 Å². The van der Waals surface area contributed by atoms with Crippen molar-refractivity contribution < 1.29 is 9.21 Å². The fourth-order valence-electron chi connectivity index (χ4n) is 1.13. The maximum absolute atomic E-state index is 11.7. The van der Waals surface area contributed by atoms with Gasteiger partial charge in [-0.1, -0.05) is 6.92 Å². The number of amides is 1. The summed E-state index contributed by atoms with van der Waals surface area (Å²) >= 11 is 0. The Labute approximate surface area is 89.8 Å². The highest BCUT2D eigenvalue weighted by molar-refractivity contribution is 5.85. The van der Waals surface area contributed by atoms with Gasteiger partial charge in [0.15, 0.2) is 0 Å². The van der Waals surface area contributed by atoms with Crippen molar-refractivity contribution in [2.45, 2.75) is 38.8 Å². The fourth-order valence-corrected chi connectivity index (χ4v) is 1.13. The third-order valence-corrected chi connectivity index (χ3v) is 2.57. The zero-order chi connectivity index (χ0) is 11.5. The molecule has 0 saturated carbocycles. The molecule has 0 aliphatic rings. The number of furan rings is 1. The molecule has 1 unspecified atom stereocenters. The first kappa shape index (κ1) is 11.8. The van der Waals surface area contributed by atoms with Crippen molar-refractivity contribution in [1.82, 2.24) is 5.32 Å². The summed E-state index contributed by atoms with van der Waals surface area (Å²) in [5, 5.41) is 2.82. The second kappa shape index (κ2) is 4.49. The molecule has 1 aromatic rings. The normalized spacial score (nSPS) is 16.8. The van der Waals surface area contributed by atoms with E-state index in [0.29, 0.717) is 6.42 Å². The maximum atomic E-state index is 11.7. The summed E-state index contributed by atoms with van der Waals surface area (Å²) in [6.07, 6.45) is 2.18. The van der Waals surface area contributed by atoms with E-state index in [1.165, 1.54) is 0 Å². The van der Waals surface area contributed by atoms with E-state index in [4.69, 9.17) is 10.2 Å².